The Morgan fingerprint density at radius 3 is 2.64 bits per heavy atom. The second-order valence-corrected chi connectivity index (χ2v) is 11.5. The Morgan fingerprint density at radius 2 is 1.93 bits per heavy atom. The highest BCUT2D eigenvalue weighted by atomic mass is 35.5. The second-order valence-electron chi connectivity index (χ2n) is 11.1. The predicted octanol–water partition coefficient (Wildman–Crippen LogP) is 3.07. The minimum absolute atomic E-state index is 0.0338. The molecular weight excluding hydrogens is 588 g/mol. The monoisotopic (exact) mass is 626 g/mol. The molecule has 0 bridgehead atoms. The van der Waals surface area contributed by atoms with Crippen molar-refractivity contribution in [1.82, 2.24) is 24.3 Å². The number of pyridine rings is 1. The van der Waals surface area contributed by atoms with E-state index in [0.29, 0.717) is 77.5 Å². The van der Waals surface area contributed by atoms with Gasteiger partial charge >= 0.3 is 0 Å². The molecule has 0 atom stereocenters. The van der Waals surface area contributed by atoms with E-state index in [9.17, 15) is 9.59 Å². The molecule has 0 saturated carbocycles. The van der Waals surface area contributed by atoms with Crippen molar-refractivity contribution in [3.63, 3.8) is 0 Å². The maximum atomic E-state index is 14.1. The third-order valence-electron chi connectivity index (χ3n) is 7.70. The molecule has 2 aliphatic heterocycles. The number of hydrogen-bond donors (Lipinski definition) is 1. The van der Waals surface area contributed by atoms with Gasteiger partial charge in [0, 0.05) is 73.7 Å². The van der Waals surface area contributed by atoms with E-state index in [2.05, 4.69) is 10.3 Å². The summed E-state index contributed by atoms with van der Waals surface area (Å²) in [6, 6.07) is 5.31. The highest BCUT2D eigenvalue weighted by Gasteiger charge is 2.30. The van der Waals surface area contributed by atoms with Gasteiger partial charge < -0.3 is 34.1 Å². The Morgan fingerprint density at radius 1 is 1.16 bits per heavy atom. The lowest BCUT2D eigenvalue weighted by molar-refractivity contribution is -0.139. The molecule has 13 heteroatoms. The largest absolute Gasteiger partial charge is 0.497 e. The maximum absolute atomic E-state index is 14.1. The zero-order chi connectivity index (χ0) is 31.2. The number of carbonyl (C=O) groups excluding carboxylic acids is 1. The van der Waals surface area contributed by atoms with Gasteiger partial charge in [-0.25, -0.2) is 4.98 Å². The number of likely N-dealkylation sites (N-methyl/N-ethyl adjacent to an activating group) is 1. The van der Waals surface area contributed by atoms with Crippen molar-refractivity contribution in [2.45, 2.75) is 31.5 Å². The SMILES string of the molecule is COc1cc(OC)c(Cl)c(-c2cc3cnc(NC4CCOCC4)nc3n(CCOC3CN(C(=O)/C=C/CN(C)C)C3)c2=O)c1. The van der Waals surface area contributed by atoms with Crippen molar-refractivity contribution in [3.8, 4) is 22.6 Å². The van der Waals surface area contributed by atoms with Crippen molar-refractivity contribution >= 4 is 34.5 Å². The van der Waals surface area contributed by atoms with Gasteiger partial charge in [0.2, 0.25) is 11.9 Å². The van der Waals surface area contributed by atoms with Crippen LogP contribution in [0.2, 0.25) is 5.02 Å². The van der Waals surface area contributed by atoms with Crippen LogP contribution in [0.25, 0.3) is 22.2 Å². The van der Waals surface area contributed by atoms with E-state index in [-0.39, 0.29) is 36.8 Å². The van der Waals surface area contributed by atoms with Crippen LogP contribution in [0.5, 0.6) is 11.5 Å². The summed E-state index contributed by atoms with van der Waals surface area (Å²) < 4.78 is 24.0. The molecule has 5 rings (SSSR count). The van der Waals surface area contributed by atoms with Gasteiger partial charge in [-0.2, -0.15) is 4.98 Å². The lowest BCUT2D eigenvalue weighted by atomic mass is 10.0. The number of nitrogens with one attached hydrogen (secondary N) is 1. The molecule has 44 heavy (non-hydrogen) atoms. The fourth-order valence-corrected chi connectivity index (χ4v) is 5.48. The number of halogens is 1. The number of anilines is 1. The number of nitrogens with zero attached hydrogens (tertiary/aromatic N) is 5. The summed E-state index contributed by atoms with van der Waals surface area (Å²) in [7, 11) is 6.95. The van der Waals surface area contributed by atoms with E-state index in [1.807, 2.05) is 25.1 Å². The normalized spacial score (nSPS) is 16.1. The first kappa shape index (κ1) is 31.7. The molecule has 4 heterocycles. The first-order chi connectivity index (χ1) is 21.3. The number of methoxy groups -OCH3 is 2. The molecule has 2 fully saturated rings. The fourth-order valence-electron chi connectivity index (χ4n) is 5.19. The summed E-state index contributed by atoms with van der Waals surface area (Å²) in [4.78, 5) is 39.5. The number of rotatable bonds is 12. The highest BCUT2D eigenvalue weighted by molar-refractivity contribution is 6.35. The molecule has 0 radical (unpaired) electrons. The van der Waals surface area contributed by atoms with Crippen molar-refractivity contribution < 1.29 is 23.7 Å². The van der Waals surface area contributed by atoms with Crippen molar-refractivity contribution in [2.75, 3.05) is 73.1 Å². The smallest absolute Gasteiger partial charge is 0.260 e. The van der Waals surface area contributed by atoms with Gasteiger partial charge in [-0.05, 0) is 39.1 Å². The van der Waals surface area contributed by atoms with Gasteiger partial charge in [-0.15, -0.1) is 0 Å². The molecule has 1 aromatic carbocycles. The van der Waals surface area contributed by atoms with Crippen molar-refractivity contribution in [2.24, 2.45) is 0 Å². The van der Waals surface area contributed by atoms with Gasteiger partial charge in [0.1, 0.15) is 17.1 Å². The summed E-state index contributed by atoms with van der Waals surface area (Å²) in [5.74, 6) is 1.31. The molecule has 0 unspecified atom stereocenters. The highest BCUT2D eigenvalue weighted by Crippen LogP contribution is 2.38. The van der Waals surface area contributed by atoms with Crippen LogP contribution < -0.4 is 20.3 Å². The summed E-state index contributed by atoms with van der Waals surface area (Å²) in [5, 5.41) is 4.35. The van der Waals surface area contributed by atoms with Crippen LogP contribution in [0.4, 0.5) is 5.95 Å². The van der Waals surface area contributed by atoms with Gasteiger partial charge in [-0.1, -0.05) is 17.7 Å². The molecule has 2 aromatic heterocycles. The van der Waals surface area contributed by atoms with Crippen LogP contribution in [-0.2, 0) is 20.8 Å². The third-order valence-corrected chi connectivity index (χ3v) is 8.09. The Balaban J connectivity index is 1.40. The van der Waals surface area contributed by atoms with Crippen LogP contribution in [0.3, 0.4) is 0 Å². The van der Waals surface area contributed by atoms with Crippen LogP contribution in [0, 0.1) is 0 Å². The maximum Gasteiger partial charge on any atom is 0.260 e. The quantitative estimate of drug-likeness (QED) is 0.300. The Labute approximate surface area is 261 Å². The van der Waals surface area contributed by atoms with Crippen LogP contribution in [0.15, 0.2) is 41.3 Å². The van der Waals surface area contributed by atoms with E-state index in [4.69, 9.17) is 35.5 Å². The molecule has 0 aliphatic carbocycles. The zero-order valence-corrected chi connectivity index (χ0v) is 26.3. The summed E-state index contributed by atoms with van der Waals surface area (Å²) in [5.41, 5.74) is 1.03. The molecule has 1 N–H and O–H groups in total. The first-order valence-electron chi connectivity index (χ1n) is 14.7. The molecule has 2 saturated heterocycles. The fraction of sp³-hybridized carbons (Fsp3) is 0.484. The van der Waals surface area contributed by atoms with Crippen LogP contribution >= 0.6 is 11.6 Å². The summed E-state index contributed by atoms with van der Waals surface area (Å²) in [6.45, 7) is 3.55. The van der Waals surface area contributed by atoms with Crippen molar-refractivity contribution in [3.05, 3.63) is 51.9 Å². The molecule has 236 valence electrons. The first-order valence-corrected chi connectivity index (χ1v) is 15.0. The molecule has 0 spiro atoms. The van der Waals surface area contributed by atoms with Gasteiger partial charge in [-0.3, -0.25) is 14.2 Å². The number of benzene rings is 1. The zero-order valence-electron chi connectivity index (χ0n) is 25.5. The lowest BCUT2D eigenvalue weighted by Crippen LogP contribution is -2.54. The third kappa shape index (κ3) is 7.32. The van der Waals surface area contributed by atoms with Crippen LogP contribution in [0.1, 0.15) is 12.8 Å². The van der Waals surface area contributed by atoms with Crippen LogP contribution in [-0.4, -0.2) is 110 Å². The number of fused-ring (bicyclic) bond motifs is 1. The topological polar surface area (TPSA) is 120 Å². The van der Waals surface area contributed by atoms with Gasteiger partial charge in [0.25, 0.3) is 5.56 Å². The van der Waals surface area contributed by atoms with Crippen molar-refractivity contribution in [1.29, 1.82) is 0 Å². The number of carbonyl (C=O) groups is 1. The average Bonchev–Trinajstić information content (AvgIpc) is 2.99. The predicted molar refractivity (Wildman–Crippen MR) is 169 cm³/mol. The number of aromatic nitrogens is 3. The Kier molecular flexibility index (Phi) is 10.4. The number of likely N-dealkylation sites (tertiary alicyclic amines) is 1. The molecule has 12 nitrogen and oxygen atoms in total. The molecule has 2 aliphatic rings. The minimum atomic E-state index is -0.287. The Bertz CT molecular complexity index is 1570. The minimum Gasteiger partial charge on any atom is -0.497 e. The molecular formula is C31H39ClN6O6. The average molecular weight is 627 g/mol. The number of amides is 1. The number of ether oxygens (including phenoxy) is 4. The standard InChI is InChI=1S/C31H39ClN6O6/c1-36(2)9-5-6-27(39)37-18-23(19-37)44-13-10-38-29-20(17-33-31(35-29)34-21-7-11-43-12-8-21)14-25(30(38)40)24-15-22(41-3)16-26(42-4)28(24)32/h5-6,14-17,21,23H,7-13,18-19H2,1-4H3,(H,33,34,35)/b6-5+. The second kappa shape index (κ2) is 14.4. The summed E-state index contributed by atoms with van der Waals surface area (Å²) in [6.07, 6.45) is 6.74. The van der Waals surface area contributed by atoms with E-state index >= 15 is 0 Å². The molecule has 3 aromatic rings. The van der Waals surface area contributed by atoms with E-state index in [1.54, 1.807) is 47.0 Å². The van der Waals surface area contributed by atoms with E-state index in [1.165, 1.54) is 7.11 Å². The van der Waals surface area contributed by atoms with Gasteiger partial charge in [0.15, 0.2) is 0 Å². The Hall–Kier alpha value is -3.71. The molecule has 1 amide bonds. The van der Waals surface area contributed by atoms with E-state index < -0.39 is 0 Å². The van der Waals surface area contributed by atoms with Gasteiger partial charge in [0.05, 0.1) is 38.5 Å². The number of hydrogen-bond acceptors (Lipinski definition) is 10. The summed E-state index contributed by atoms with van der Waals surface area (Å²) >= 11 is 6.70. The lowest BCUT2D eigenvalue weighted by Gasteiger charge is -2.38. The van der Waals surface area contributed by atoms with E-state index in [0.717, 1.165) is 12.8 Å².